The van der Waals surface area contributed by atoms with Crippen LogP contribution in [0, 0.1) is 19.7 Å². The van der Waals surface area contributed by atoms with Crippen LogP contribution in [0.25, 0.3) is 0 Å². The zero-order chi connectivity index (χ0) is 19.6. The summed E-state index contributed by atoms with van der Waals surface area (Å²) in [5, 5.41) is 0. The summed E-state index contributed by atoms with van der Waals surface area (Å²) in [4.78, 5) is 19.2. The van der Waals surface area contributed by atoms with Crippen molar-refractivity contribution in [3.8, 4) is 0 Å². The highest BCUT2D eigenvalue weighted by Gasteiger charge is 2.42. The molecule has 27 heavy (non-hydrogen) atoms. The number of aryl methyl sites for hydroxylation is 1. The van der Waals surface area contributed by atoms with Crippen LogP contribution in [0.2, 0.25) is 0 Å². The highest BCUT2D eigenvalue weighted by atomic mass is 19.1. The van der Waals surface area contributed by atoms with E-state index in [1.807, 2.05) is 30.9 Å². The minimum absolute atomic E-state index is 0.0149. The van der Waals surface area contributed by atoms with Gasteiger partial charge in [-0.25, -0.2) is 4.39 Å². The molecule has 1 atom stereocenters. The van der Waals surface area contributed by atoms with Crippen LogP contribution in [-0.4, -0.2) is 65.9 Å². The van der Waals surface area contributed by atoms with E-state index in [-0.39, 0.29) is 17.3 Å². The largest absolute Gasteiger partial charge is 0.339 e. The fourth-order valence-corrected chi connectivity index (χ4v) is 4.53. The average Bonchev–Trinajstić information content (AvgIpc) is 2.80. The zero-order valence-corrected chi connectivity index (χ0v) is 16.9. The number of likely N-dealkylation sites (tertiary alicyclic amines) is 1. The molecule has 1 spiro atoms. The Morgan fingerprint density at radius 3 is 2.74 bits per heavy atom. The predicted octanol–water partition coefficient (Wildman–Crippen LogP) is 3.13. The summed E-state index contributed by atoms with van der Waals surface area (Å²) >= 11 is 0. The quantitative estimate of drug-likeness (QED) is 0.759. The summed E-state index contributed by atoms with van der Waals surface area (Å²) in [7, 11) is 2.18. The third-order valence-corrected chi connectivity index (χ3v) is 6.52. The lowest BCUT2D eigenvalue weighted by molar-refractivity contribution is -0.130. The smallest absolute Gasteiger partial charge is 0.222 e. The van der Waals surface area contributed by atoms with Gasteiger partial charge in [0.2, 0.25) is 5.91 Å². The van der Waals surface area contributed by atoms with E-state index in [4.69, 9.17) is 0 Å². The molecule has 0 aliphatic carbocycles. The standard InChI is InChI=1S/C22H32FN3O/c1-5-11-26-12-10-22(9-8-20(26)27)16-25(14-13-24(22)4)15-19-7-6-17(2)21(23)18(19)3/h5-7H,1,8-16H2,2-4H3. The lowest BCUT2D eigenvalue weighted by Crippen LogP contribution is -2.60. The van der Waals surface area contributed by atoms with Crippen LogP contribution in [0.5, 0.6) is 0 Å². The Bertz CT molecular complexity index is 720. The summed E-state index contributed by atoms with van der Waals surface area (Å²) < 4.78 is 14.3. The fourth-order valence-electron chi connectivity index (χ4n) is 4.53. The van der Waals surface area contributed by atoms with Gasteiger partial charge >= 0.3 is 0 Å². The van der Waals surface area contributed by atoms with Crippen LogP contribution in [0.4, 0.5) is 4.39 Å². The molecular weight excluding hydrogens is 341 g/mol. The molecular formula is C22H32FN3O. The second-order valence-corrected chi connectivity index (χ2v) is 8.22. The molecule has 1 unspecified atom stereocenters. The number of piperazine rings is 1. The first-order valence-corrected chi connectivity index (χ1v) is 9.93. The molecule has 0 aromatic heterocycles. The first-order chi connectivity index (χ1) is 12.9. The fraction of sp³-hybridized carbons (Fsp3) is 0.591. The van der Waals surface area contributed by atoms with Crippen molar-refractivity contribution in [3.63, 3.8) is 0 Å². The van der Waals surface area contributed by atoms with Crippen LogP contribution in [0.15, 0.2) is 24.8 Å². The van der Waals surface area contributed by atoms with Crippen molar-refractivity contribution in [2.45, 2.75) is 45.2 Å². The Morgan fingerprint density at radius 2 is 2.00 bits per heavy atom. The second kappa shape index (κ2) is 8.11. The maximum Gasteiger partial charge on any atom is 0.222 e. The number of amides is 1. The molecule has 1 aromatic rings. The maximum atomic E-state index is 14.3. The number of rotatable bonds is 4. The molecule has 2 aliphatic heterocycles. The number of nitrogens with zero attached hydrogens (tertiary/aromatic N) is 3. The molecule has 148 valence electrons. The van der Waals surface area contributed by atoms with Crippen molar-refractivity contribution in [2.24, 2.45) is 0 Å². The van der Waals surface area contributed by atoms with Crippen molar-refractivity contribution in [1.29, 1.82) is 0 Å². The third-order valence-electron chi connectivity index (χ3n) is 6.52. The van der Waals surface area contributed by atoms with Gasteiger partial charge in [0.25, 0.3) is 0 Å². The van der Waals surface area contributed by atoms with Gasteiger partial charge in [-0.1, -0.05) is 18.2 Å². The van der Waals surface area contributed by atoms with E-state index in [2.05, 4.69) is 29.5 Å². The minimum atomic E-state index is -0.0866. The molecule has 0 radical (unpaired) electrons. The highest BCUT2D eigenvalue weighted by Crippen LogP contribution is 2.33. The van der Waals surface area contributed by atoms with E-state index >= 15 is 0 Å². The molecule has 0 saturated carbocycles. The number of likely N-dealkylation sites (N-methyl/N-ethyl adjacent to an activating group) is 1. The van der Waals surface area contributed by atoms with Gasteiger partial charge in [0.1, 0.15) is 5.82 Å². The van der Waals surface area contributed by atoms with Crippen LogP contribution in [0.3, 0.4) is 0 Å². The van der Waals surface area contributed by atoms with Gasteiger partial charge in [-0.2, -0.15) is 0 Å². The average molecular weight is 374 g/mol. The van der Waals surface area contributed by atoms with Crippen molar-refractivity contribution < 1.29 is 9.18 Å². The Hall–Kier alpha value is -1.72. The molecule has 0 bridgehead atoms. The number of halogens is 1. The Balaban J connectivity index is 1.75. The number of carbonyl (C=O) groups is 1. The number of carbonyl (C=O) groups excluding carboxylic acids is 1. The normalized spacial score (nSPS) is 25.0. The van der Waals surface area contributed by atoms with Gasteiger partial charge in [-0.3, -0.25) is 14.6 Å². The van der Waals surface area contributed by atoms with Crippen molar-refractivity contribution in [3.05, 3.63) is 47.3 Å². The monoisotopic (exact) mass is 373 g/mol. The molecule has 4 nitrogen and oxygen atoms in total. The highest BCUT2D eigenvalue weighted by molar-refractivity contribution is 5.76. The summed E-state index contributed by atoms with van der Waals surface area (Å²) in [5.74, 6) is 0.144. The van der Waals surface area contributed by atoms with Crippen molar-refractivity contribution >= 4 is 5.91 Å². The second-order valence-electron chi connectivity index (χ2n) is 8.22. The predicted molar refractivity (Wildman–Crippen MR) is 107 cm³/mol. The van der Waals surface area contributed by atoms with E-state index in [0.717, 1.165) is 56.7 Å². The van der Waals surface area contributed by atoms with Crippen LogP contribution in [-0.2, 0) is 11.3 Å². The van der Waals surface area contributed by atoms with Crippen molar-refractivity contribution in [2.75, 3.05) is 39.8 Å². The first kappa shape index (κ1) is 20.0. The lowest BCUT2D eigenvalue weighted by Gasteiger charge is -2.49. The topological polar surface area (TPSA) is 26.8 Å². The maximum absolute atomic E-state index is 14.3. The molecule has 2 saturated heterocycles. The third kappa shape index (κ3) is 4.09. The van der Waals surface area contributed by atoms with Crippen LogP contribution in [0.1, 0.15) is 36.0 Å². The van der Waals surface area contributed by atoms with E-state index < -0.39 is 0 Å². The molecule has 1 aromatic carbocycles. The minimum Gasteiger partial charge on any atom is -0.339 e. The summed E-state index contributed by atoms with van der Waals surface area (Å²) in [5.41, 5.74) is 2.55. The SMILES string of the molecule is C=CCN1CCC2(CCC1=O)CN(Cc1ccc(C)c(F)c1C)CCN2C. The molecule has 5 heteroatoms. The zero-order valence-electron chi connectivity index (χ0n) is 16.9. The Kier molecular flexibility index (Phi) is 6.02. The van der Waals surface area contributed by atoms with Crippen LogP contribution < -0.4 is 0 Å². The van der Waals surface area contributed by atoms with Gasteiger partial charge in [0.05, 0.1) is 0 Å². The number of benzene rings is 1. The Morgan fingerprint density at radius 1 is 1.22 bits per heavy atom. The van der Waals surface area contributed by atoms with E-state index in [1.165, 1.54) is 0 Å². The van der Waals surface area contributed by atoms with Gasteiger partial charge < -0.3 is 4.90 Å². The van der Waals surface area contributed by atoms with Gasteiger partial charge in [0.15, 0.2) is 0 Å². The van der Waals surface area contributed by atoms with E-state index in [0.29, 0.717) is 18.5 Å². The van der Waals surface area contributed by atoms with E-state index in [1.54, 1.807) is 0 Å². The molecule has 2 heterocycles. The molecule has 1 amide bonds. The summed E-state index contributed by atoms with van der Waals surface area (Å²) in [6.45, 7) is 12.5. The summed E-state index contributed by atoms with van der Waals surface area (Å²) in [6, 6.07) is 3.93. The molecule has 2 aliphatic rings. The summed E-state index contributed by atoms with van der Waals surface area (Å²) in [6.07, 6.45) is 4.25. The van der Waals surface area contributed by atoms with Gasteiger partial charge in [-0.15, -0.1) is 6.58 Å². The molecule has 2 fully saturated rings. The molecule has 0 N–H and O–H groups in total. The van der Waals surface area contributed by atoms with Gasteiger partial charge in [-0.05, 0) is 50.4 Å². The number of hydrogen-bond donors (Lipinski definition) is 0. The lowest BCUT2D eigenvalue weighted by atomic mass is 9.86. The van der Waals surface area contributed by atoms with Gasteiger partial charge in [0, 0.05) is 51.2 Å². The first-order valence-electron chi connectivity index (χ1n) is 9.93. The van der Waals surface area contributed by atoms with E-state index in [9.17, 15) is 9.18 Å². The number of hydrogen-bond acceptors (Lipinski definition) is 3. The van der Waals surface area contributed by atoms with Crippen LogP contribution >= 0.6 is 0 Å². The van der Waals surface area contributed by atoms with Crippen molar-refractivity contribution in [1.82, 2.24) is 14.7 Å². The Labute approximate surface area is 162 Å². The molecule has 3 rings (SSSR count).